The molecule has 1 aliphatic carbocycles. The van der Waals surface area contributed by atoms with Crippen LogP contribution >= 0.6 is 0 Å². The van der Waals surface area contributed by atoms with Crippen molar-refractivity contribution in [3.05, 3.63) is 52.3 Å². The first-order valence-electron chi connectivity index (χ1n) is 6.65. The molecule has 0 spiro atoms. The minimum Gasteiger partial charge on any atom is -0.504 e. The molecule has 0 aliphatic heterocycles. The van der Waals surface area contributed by atoms with Crippen LogP contribution in [0.25, 0.3) is 5.57 Å². The van der Waals surface area contributed by atoms with Gasteiger partial charge >= 0.3 is 0 Å². The maximum Gasteiger partial charge on any atom is 0.228 e. The summed E-state index contributed by atoms with van der Waals surface area (Å²) in [6.45, 7) is 7.25. The monoisotopic (exact) mass is 270 g/mol. The number of rotatable bonds is 3. The van der Waals surface area contributed by atoms with Gasteiger partial charge < -0.3 is 5.11 Å². The van der Waals surface area contributed by atoms with E-state index in [1.165, 1.54) is 12.5 Å². The number of hydrogen-bond acceptors (Lipinski definition) is 3. The summed E-state index contributed by atoms with van der Waals surface area (Å²) >= 11 is 0. The summed E-state index contributed by atoms with van der Waals surface area (Å²) in [4.78, 5) is 23.7. The summed E-state index contributed by atoms with van der Waals surface area (Å²) < 4.78 is 0. The van der Waals surface area contributed by atoms with Crippen LogP contribution in [-0.2, 0) is 9.59 Å². The molecule has 0 bridgehead atoms. The Balaban J connectivity index is 2.49. The minimum atomic E-state index is -0.468. The molecule has 0 fully saturated rings. The van der Waals surface area contributed by atoms with E-state index in [1.807, 2.05) is 24.3 Å². The van der Waals surface area contributed by atoms with E-state index in [4.69, 9.17) is 0 Å². The molecule has 1 N–H and O–H groups in total. The van der Waals surface area contributed by atoms with Gasteiger partial charge in [-0.15, -0.1) is 0 Å². The number of carbonyl (C=O) groups excluding carboxylic acids is 2. The predicted octanol–water partition coefficient (Wildman–Crippen LogP) is 3.57. The second-order valence-corrected chi connectivity index (χ2v) is 5.39. The van der Waals surface area contributed by atoms with Crippen molar-refractivity contribution in [2.24, 2.45) is 0 Å². The van der Waals surface area contributed by atoms with E-state index in [0.29, 0.717) is 17.1 Å². The van der Waals surface area contributed by atoms with Gasteiger partial charge in [-0.25, -0.2) is 0 Å². The van der Waals surface area contributed by atoms with E-state index < -0.39 is 11.5 Å². The third-order valence-electron chi connectivity index (χ3n) is 3.65. The summed E-state index contributed by atoms with van der Waals surface area (Å²) in [7, 11) is 0. The van der Waals surface area contributed by atoms with E-state index in [-0.39, 0.29) is 11.4 Å². The quantitative estimate of drug-likeness (QED) is 0.913. The largest absolute Gasteiger partial charge is 0.504 e. The van der Waals surface area contributed by atoms with Gasteiger partial charge in [-0.05, 0) is 36.5 Å². The molecule has 0 radical (unpaired) electrons. The lowest BCUT2D eigenvalue weighted by Crippen LogP contribution is -2.03. The van der Waals surface area contributed by atoms with Gasteiger partial charge in [0.05, 0.1) is 5.57 Å². The molecule has 104 valence electrons. The zero-order valence-electron chi connectivity index (χ0n) is 12.2. The minimum absolute atomic E-state index is 0.137. The Kier molecular flexibility index (Phi) is 3.62. The average Bonchev–Trinajstić information content (AvgIpc) is 2.60. The average molecular weight is 270 g/mol. The third-order valence-corrected chi connectivity index (χ3v) is 3.65. The van der Waals surface area contributed by atoms with Gasteiger partial charge in [0.25, 0.3) is 0 Å². The number of aliphatic hydroxyl groups is 1. The first-order valence-corrected chi connectivity index (χ1v) is 6.65. The number of allylic oxidation sites excluding steroid dienone is 3. The molecular formula is C17H18O3. The molecule has 3 nitrogen and oxygen atoms in total. The van der Waals surface area contributed by atoms with E-state index in [2.05, 4.69) is 13.8 Å². The third kappa shape index (κ3) is 2.20. The van der Waals surface area contributed by atoms with E-state index >= 15 is 0 Å². The molecular weight excluding hydrogens is 252 g/mol. The van der Waals surface area contributed by atoms with Crippen molar-refractivity contribution in [2.75, 3.05) is 0 Å². The van der Waals surface area contributed by atoms with E-state index in [1.54, 1.807) is 6.92 Å². The fourth-order valence-corrected chi connectivity index (χ4v) is 2.52. The van der Waals surface area contributed by atoms with Crippen LogP contribution in [0.5, 0.6) is 0 Å². The Morgan fingerprint density at radius 2 is 1.70 bits per heavy atom. The Bertz CT molecular complexity index is 643. The smallest absolute Gasteiger partial charge is 0.228 e. The van der Waals surface area contributed by atoms with Crippen LogP contribution in [0.3, 0.4) is 0 Å². The Morgan fingerprint density at radius 1 is 1.15 bits per heavy atom. The highest BCUT2D eigenvalue weighted by Gasteiger charge is 2.32. The van der Waals surface area contributed by atoms with Crippen LogP contribution in [0.4, 0.5) is 0 Å². The topological polar surface area (TPSA) is 54.4 Å². The zero-order chi connectivity index (χ0) is 15.0. The predicted molar refractivity (Wildman–Crippen MR) is 78.5 cm³/mol. The van der Waals surface area contributed by atoms with Crippen molar-refractivity contribution >= 4 is 17.1 Å². The Labute approximate surface area is 118 Å². The van der Waals surface area contributed by atoms with Crippen molar-refractivity contribution in [1.82, 2.24) is 0 Å². The summed E-state index contributed by atoms with van der Waals surface area (Å²) in [5.41, 5.74) is 3.03. The van der Waals surface area contributed by atoms with Crippen molar-refractivity contribution in [1.29, 1.82) is 0 Å². The summed E-state index contributed by atoms with van der Waals surface area (Å²) in [6.07, 6.45) is 0. The lowest BCUT2D eigenvalue weighted by molar-refractivity contribution is -0.115. The van der Waals surface area contributed by atoms with Crippen molar-refractivity contribution in [3.8, 4) is 0 Å². The number of Topliss-reactive ketones (excluding diaryl/α,β-unsaturated/α-hetero) is 2. The molecule has 1 aromatic rings. The number of ketones is 2. The summed E-state index contributed by atoms with van der Waals surface area (Å²) in [5.74, 6) is -0.775. The fraction of sp³-hybridized carbons (Fsp3) is 0.294. The van der Waals surface area contributed by atoms with Crippen LogP contribution in [-0.4, -0.2) is 16.7 Å². The van der Waals surface area contributed by atoms with Gasteiger partial charge in [0.2, 0.25) is 5.78 Å². The van der Waals surface area contributed by atoms with Gasteiger partial charge in [0.1, 0.15) is 0 Å². The van der Waals surface area contributed by atoms with Gasteiger partial charge in [-0.3, -0.25) is 9.59 Å². The Morgan fingerprint density at radius 3 is 2.10 bits per heavy atom. The molecule has 3 heteroatoms. The molecule has 20 heavy (non-hydrogen) atoms. The SMILES string of the molecule is CC(=O)C1=C(O)C(=O)C(c2ccc(C(C)C)cc2)=C1C. The maximum atomic E-state index is 12.1. The number of aliphatic hydroxyl groups excluding tert-OH is 1. The van der Waals surface area contributed by atoms with Gasteiger partial charge in [-0.1, -0.05) is 38.1 Å². The molecule has 1 aliphatic rings. The van der Waals surface area contributed by atoms with Gasteiger partial charge in [0, 0.05) is 5.57 Å². The molecule has 0 aromatic heterocycles. The maximum absolute atomic E-state index is 12.1. The standard InChI is InChI=1S/C17H18O3/c1-9(2)12-5-7-13(8-6-12)15-10(3)14(11(4)18)16(19)17(15)20/h5-9H,1-4H3,(H,19,20). The number of hydrogen-bond donors (Lipinski definition) is 1. The van der Waals surface area contributed by atoms with Gasteiger partial charge in [-0.2, -0.15) is 0 Å². The van der Waals surface area contributed by atoms with Crippen LogP contribution in [0.2, 0.25) is 0 Å². The first-order chi connectivity index (χ1) is 9.34. The van der Waals surface area contributed by atoms with E-state index in [0.717, 1.165) is 5.56 Å². The number of carbonyl (C=O) groups is 2. The second kappa shape index (κ2) is 5.08. The van der Waals surface area contributed by atoms with Gasteiger partial charge in [0.15, 0.2) is 11.5 Å². The summed E-state index contributed by atoms with van der Waals surface area (Å²) in [6, 6.07) is 7.66. The zero-order valence-corrected chi connectivity index (χ0v) is 12.2. The molecule has 0 amide bonds. The molecule has 1 aromatic carbocycles. The molecule has 2 rings (SSSR count). The van der Waals surface area contributed by atoms with Crippen LogP contribution in [0.1, 0.15) is 44.7 Å². The molecule has 0 saturated carbocycles. The summed E-state index contributed by atoms with van der Waals surface area (Å²) in [5, 5.41) is 9.84. The highest BCUT2D eigenvalue weighted by Crippen LogP contribution is 2.35. The molecule has 0 heterocycles. The highest BCUT2D eigenvalue weighted by atomic mass is 16.3. The highest BCUT2D eigenvalue weighted by molar-refractivity contribution is 6.35. The molecule has 0 atom stereocenters. The van der Waals surface area contributed by atoms with Crippen LogP contribution < -0.4 is 0 Å². The second-order valence-electron chi connectivity index (χ2n) is 5.39. The van der Waals surface area contributed by atoms with Crippen LogP contribution in [0, 0.1) is 0 Å². The fourth-order valence-electron chi connectivity index (χ4n) is 2.52. The lowest BCUT2D eigenvalue weighted by Gasteiger charge is -2.08. The van der Waals surface area contributed by atoms with Crippen molar-refractivity contribution < 1.29 is 14.7 Å². The molecule has 0 saturated heterocycles. The van der Waals surface area contributed by atoms with Crippen molar-refractivity contribution in [3.63, 3.8) is 0 Å². The van der Waals surface area contributed by atoms with Crippen LogP contribution in [0.15, 0.2) is 41.2 Å². The number of benzene rings is 1. The van der Waals surface area contributed by atoms with E-state index in [9.17, 15) is 14.7 Å². The van der Waals surface area contributed by atoms with Crippen molar-refractivity contribution in [2.45, 2.75) is 33.6 Å². The molecule has 0 unspecified atom stereocenters. The Hall–Kier alpha value is -2.16. The lowest BCUT2D eigenvalue weighted by atomic mass is 9.95. The normalized spacial score (nSPS) is 15.6. The first kappa shape index (κ1) is 14.3.